The summed E-state index contributed by atoms with van der Waals surface area (Å²) >= 11 is 1.17. The van der Waals surface area contributed by atoms with Crippen molar-refractivity contribution in [2.24, 2.45) is 0 Å². The van der Waals surface area contributed by atoms with Crippen LogP contribution >= 0.6 is 11.8 Å². The summed E-state index contributed by atoms with van der Waals surface area (Å²) in [4.78, 5) is 34.8. The number of hydrogen-bond donors (Lipinski definition) is 2. The van der Waals surface area contributed by atoms with Crippen molar-refractivity contribution in [3.63, 3.8) is 0 Å². The zero-order chi connectivity index (χ0) is 24.2. The van der Waals surface area contributed by atoms with Gasteiger partial charge in [0.2, 0.25) is 11.8 Å². The standard InChI is InChI=1S/C22H22N6O5S/c1-13(29)23-15-4-3-5-16(10-15)27-21(14-6-7-14)25-26-22(27)34-12-20(30)24-18-9-8-17(33-2)11-19(18)28(31)32/h3-5,8-11,14H,6-7,12H2,1-2H3,(H,23,29)(H,24,30). The molecule has 0 atom stereocenters. The summed E-state index contributed by atoms with van der Waals surface area (Å²) in [6, 6.07) is 11.5. The highest BCUT2D eigenvalue weighted by atomic mass is 32.2. The van der Waals surface area contributed by atoms with Crippen molar-refractivity contribution in [1.82, 2.24) is 14.8 Å². The van der Waals surface area contributed by atoms with E-state index >= 15 is 0 Å². The molecule has 34 heavy (non-hydrogen) atoms. The number of hydrogen-bond acceptors (Lipinski definition) is 8. The van der Waals surface area contributed by atoms with Crippen LogP contribution < -0.4 is 15.4 Å². The summed E-state index contributed by atoms with van der Waals surface area (Å²) in [7, 11) is 1.41. The van der Waals surface area contributed by atoms with Gasteiger partial charge in [0.15, 0.2) is 5.16 Å². The Bertz CT molecular complexity index is 1260. The van der Waals surface area contributed by atoms with Crippen molar-refractivity contribution in [3.8, 4) is 11.4 Å². The summed E-state index contributed by atoms with van der Waals surface area (Å²) in [6.45, 7) is 1.44. The van der Waals surface area contributed by atoms with E-state index < -0.39 is 10.8 Å². The highest BCUT2D eigenvalue weighted by molar-refractivity contribution is 7.99. The fraction of sp³-hybridized carbons (Fsp3) is 0.273. The predicted octanol–water partition coefficient (Wildman–Crippen LogP) is 3.75. The Kier molecular flexibility index (Phi) is 6.77. The minimum absolute atomic E-state index is 0.0304. The Morgan fingerprint density at radius 1 is 1.21 bits per heavy atom. The SMILES string of the molecule is COc1ccc(NC(=O)CSc2nnc(C3CC3)n2-c2cccc(NC(C)=O)c2)c([N+](=O)[O-])c1. The number of amides is 2. The van der Waals surface area contributed by atoms with E-state index in [1.54, 1.807) is 6.07 Å². The van der Waals surface area contributed by atoms with Crippen LogP contribution in [0.25, 0.3) is 5.69 Å². The number of ether oxygens (including phenoxy) is 1. The second kappa shape index (κ2) is 9.91. The molecular weight excluding hydrogens is 460 g/mol. The Morgan fingerprint density at radius 2 is 2.00 bits per heavy atom. The zero-order valence-electron chi connectivity index (χ0n) is 18.5. The monoisotopic (exact) mass is 482 g/mol. The first-order chi connectivity index (χ1) is 16.4. The van der Waals surface area contributed by atoms with Crippen molar-refractivity contribution in [1.29, 1.82) is 0 Å². The Balaban J connectivity index is 1.53. The van der Waals surface area contributed by atoms with Crippen LogP contribution in [0.4, 0.5) is 17.1 Å². The number of benzene rings is 2. The van der Waals surface area contributed by atoms with Gasteiger partial charge in [0.25, 0.3) is 5.69 Å². The number of methoxy groups -OCH3 is 1. The van der Waals surface area contributed by atoms with Crippen LogP contribution in [0.3, 0.4) is 0 Å². The van der Waals surface area contributed by atoms with Gasteiger partial charge < -0.3 is 15.4 Å². The number of carbonyl (C=O) groups is 2. The number of aromatic nitrogens is 3. The van der Waals surface area contributed by atoms with E-state index in [-0.39, 0.29) is 23.0 Å². The van der Waals surface area contributed by atoms with Crippen molar-refractivity contribution < 1.29 is 19.2 Å². The molecule has 4 rings (SSSR count). The molecule has 0 radical (unpaired) electrons. The van der Waals surface area contributed by atoms with Gasteiger partial charge >= 0.3 is 0 Å². The molecule has 0 aliphatic heterocycles. The van der Waals surface area contributed by atoms with E-state index in [0.717, 1.165) is 24.4 Å². The van der Waals surface area contributed by atoms with Crippen molar-refractivity contribution >= 4 is 40.6 Å². The highest BCUT2D eigenvalue weighted by Crippen LogP contribution is 2.41. The molecule has 0 bridgehead atoms. The summed E-state index contributed by atoms with van der Waals surface area (Å²) in [6.07, 6.45) is 2.02. The van der Waals surface area contributed by atoms with Gasteiger partial charge in [-0.15, -0.1) is 10.2 Å². The molecule has 176 valence electrons. The normalized spacial score (nSPS) is 12.8. The molecule has 12 heteroatoms. The third-order valence-corrected chi connectivity index (χ3v) is 5.96. The summed E-state index contributed by atoms with van der Waals surface area (Å²) in [5, 5.41) is 25.8. The van der Waals surface area contributed by atoms with E-state index in [4.69, 9.17) is 4.74 Å². The first kappa shape index (κ1) is 23.2. The average Bonchev–Trinajstić information content (AvgIpc) is 3.56. The molecule has 1 aromatic heterocycles. The number of nitro groups is 1. The van der Waals surface area contributed by atoms with Gasteiger partial charge in [0.05, 0.1) is 29.5 Å². The average molecular weight is 483 g/mol. The molecule has 1 fully saturated rings. The van der Waals surface area contributed by atoms with Crippen LogP contribution in [0.1, 0.15) is 31.5 Å². The van der Waals surface area contributed by atoms with E-state index in [0.29, 0.717) is 22.5 Å². The molecule has 2 amide bonds. The molecule has 3 aromatic rings. The lowest BCUT2D eigenvalue weighted by Gasteiger charge is -2.12. The molecular formula is C22H22N6O5S. The van der Waals surface area contributed by atoms with Crippen LogP contribution in [-0.4, -0.2) is 44.4 Å². The number of carbonyl (C=O) groups excluding carboxylic acids is 2. The first-order valence-corrected chi connectivity index (χ1v) is 11.4. The quantitative estimate of drug-likeness (QED) is 0.267. The second-order valence-electron chi connectivity index (χ2n) is 7.66. The van der Waals surface area contributed by atoms with Gasteiger partial charge in [-0.25, -0.2) is 0 Å². The molecule has 1 aliphatic carbocycles. The predicted molar refractivity (Wildman–Crippen MR) is 127 cm³/mol. The van der Waals surface area contributed by atoms with E-state index in [1.807, 2.05) is 22.8 Å². The van der Waals surface area contributed by atoms with E-state index in [2.05, 4.69) is 20.8 Å². The number of rotatable bonds is 9. The van der Waals surface area contributed by atoms with Gasteiger partial charge in [-0.3, -0.25) is 24.3 Å². The fourth-order valence-electron chi connectivity index (χ4n) is 3.36. The van der Waals surface area contributed by atoms with Crippen LogP contribution in [0, 0.1) is 10.1 Å². The molecule has 2 N–H and O–H groups in total. The molecule has 0 saturated heterocycles. The highest BCUT2D eigenvalue weighted by Gasteiger charge is 2.31. The minimum atomic E-state index is -0.577. The van der Waals surface area contributed by atoms with Crippen molar-refractivity contribution in [2.45, 2.75) is 30.8 Å². The van der Waals surface area contributed by atoms with E-state index in [1.165, 1.54) is 44.0 Å². The topological polar surface area (TPSA) is 141 Å². The molecule has 0 spiro atoms. The van der Waals surface area contributed by atoms with Gasteiger partial charge in [-0.2, -0.15) is 0 Å². The number of thioether (sulfide) groups is 1. The third kappa shape index (κ3) is 5.34. The Hall–Kier alpha value is -3.93. The van der Waals surface area contributed by atoms with Crippen LogP contribution in [-0.2, 0) is 9.59 Å². The summed E-state index contributed by atoms with van der Waals surface area (Å²) in [5.74, 6) is 0.782. The van der Waals surface area contributed by atoms with Gasteiger partial charge in [-0.1, -0.05) is 17.8 Å². The zero-order valence-corrected chi connectivity index (χ0v) is 19.3. The number of nitrogens with zero attached hydrogens (tertiary/aromatic N) is 4. The molecule has 0 unspecified atom stereocenters. The fourth-order valence-corrected chi connectivity index (χ4v) is 4.12. The second-order valence-corrected chi connectivity index (χ2v) is 8.60. The lowest BCUT2D eigenvalue weighted by molar-refractivity contribution is -0.384. The lowest BCUT2D eigenvalue weighted by atomic mass is 10.2. The van der Waals surface area contributed by atoms with Gasteiger partial charge in [0, 0.05) is 18.5 Å². The Labute approximate surface area is 199 Å². The van der Waals surface area contributed by atoms with Crippen molar-refractivity contribution in [2.75, 3.05) is 23.5 Å². The van der Waals surface area contributed by atoms with E-state index in [9.17, 15) is 19.7 Å². The van der Waals surface area contributed by atoms with Crippen LogP contribution in [0.15, 0.2) is 47.6 Å². The smallest absolute Gasteiger partial charge is 0.296 e. The molecule has 1 heterocycles. The van der Waals surface area contributed by atoms with Crippen LogP contribution in [0.2, 0.25) is 0 Å². The summed E-state index contributed by atoms with van der Waals surface area (Å²) < 4.78 is 6.91. The first-order valence-electron chi connectivity index (χ1n) is 10.4. The third-order valence-electron chi connectivity index (χ3n) is 5.03. The number of nitrogens with one attached hydrogen (secondary N) is 2. The van der Waals surface area contributed by atoms with Gasteiger partial charge in [-0.05, 0) is 43.2 Å². The molecule has 1 aliphatic rings. The number of anilines is 2. The summed E-state index contributed by atoms with van der Waals surface area (Å²) in [5.41, 5.74) is 1.24. The Morgan fingerprint density at radius 3 is 2.68 bits per heavy atom. The lowest BCUT2D eigenvalue weighted by Crippen LogP contribution is -2.15. The minimum Gasteiger partial charge on any atom is -0.496 e. The number of nitro benzene ring substituents is 1. The maximum absolute atomic E-state index is 12.6. The maximum atomic E-state index is 12.6. The van der Waals surface area contributed by atoms with Crippen molar-refractivity contribution in [3.05, 3.63) is 58.4 Å². The molecule has 11 nitrogen and oxygen atoms in total. The largest absolute Gasteiger partial charge is 0.496 e. The van der Waals surface area contributed by atoms with Crippen LogP contribution in [0.5, 0.6) is 5.75 Å². The molecule has 2 aromatic carbocycles. The maximum Gasteiger partial charge on any atom is 0.296 e. The van der Waals surface area contributed by atoms with Gasteiger partial charge in [0.1, 0.15) is 17.3 Å². The molecule has 1 saturated carbocycles.